The lowest BCUT2D eigenvalue weighted by Crippen LogP contribution is -2.54. The number of primary amides is 1. The van der Waals surface area contributed by atoms with Crippen molar-refractivity contribution in [2.24, 2.45) is 5.73 Å². The van der Waals surface area contributed by atoms with Crippen molar-refractivity contribution in [2.75, 3.05) is 19.8 Å². The molecule has 2 rings (SSSR count). The Kier molecular flexibility index (Phi) is 3.65. The number of hydrogen-bond donors (Lipinski definition) is 1. The molecule has 1 unspecified atom stereocenters. The van der Waals surface area contributed by atoms with E-state index in [1.807, 2.05) is 0 Å². The fourth-order valence-electron chi connectivity index (χ4n) is 1.83. The molecule has 1 aromatic carbocycles. The molecule has 1 heterocycles. The normalized spacial score (nSPS) is 21.7. The number of benzene rings is 1. The number of amides is 1. The van der Waals surface area contributed by atoms with Gasteiger partial charge in [0.15, 0.2) is 0 Å². The van der Waals surface area contributed by atoms with Crippen LogP contribution in [-0.4, -0.2) is 44.4 Å². The summed E-state index contributed by atoms with van der Waals surface area (Å²) >= 11 is 0. The molecular formula is C11H14N2O4S. The standard InChI is InChI=1S/C11H14N2O4S/c12-11(14)10-8-17-7-6-13(10)18(15,16)9-4-2-1-3-5-9/h1-5,10H,6-8H2,(H2,12,14). The third-order valence-electron chi connectivity index (χ3n) is 2.76. The quantitative estimate of drug-likeness (QED) is 0.806. The van der Waals surface area contributed by atoms with Gasteiger partial charge in [-0.25, -0.2) is 8.42 Å². The van der Waals surface area contributed by atoms with E-state index < -0.39 is 22.0 Å². The predicted molar refractivity (Wildman–Crippen MR) is 64.1 cm³/mol. The minimum Gasteiger partial charge on any atom is -0.378 e. The van der Waals surface area contributed by atoms with Crippen LogP contribution < -0.4 is 5.73 Å². The lowest BCUT2D eigenvalue weighted by molar-refractivity contribution is -0.125. The zero-order chi connectivity index (χ0) is 13.2. The number of carbonyl (C=O) groups excluding carboxylic acids is 1. The number of morpholine rings is 1. The van der Waals surface area contributed by atoms with Gasteiger partial charge in [-0.05, 0) is 12.1 Å². The van der Waals surface area contributed by atoms with E-state index in [0.717, 1.165) is 4.31 Å². The second-order valence-electron chi connectivity index (χ2n) is 3.92. The number of hydrogen-bond acceptors (Lipinski definition) is 4. The zero-order valence-corrected chi connectivity index (χ0v) is 10.5. The number of sulfonamides is 1. The van der Waals surface area contributed by atoms with Gasteiger partial charge in [0.1, 0.15) is 6.04 Å². The summed E-state index contributed by atoms with van der Waals surface area (Å²) in [4.78, 5) is 11.4. The summed E-state index contributed by atoms with van der Waals surface area (Å²) in [5.41, 5.74) is 5.21. The van der Waals surface area contributed by atoms with Gasteiger partial charge in [0.05, 0.1) is 18.1 Å². The van der Waals surface area contributed by atoms with Crippen molar-refractivity contribution in [3.8, 4) is 0 Å². The fourth-order valence-corrected chi connectivity index (χ4v) is 3.41. The average Bonchev–Trinajstić information content (AvgIpc) is 2.39. The maximum atomic E-state index is 12.4. The van der Waals surface area contributed by atoms with Gasteiger partial charge >= 0.3 is 0 Å². The molecule has 1 aliphatic heterocycles. The van der Waals surface area contributed by atoms with E-state index in [1.54, 1.807) is 18.2 Å². The molecule has 6 nitrogen and oxygen atoms in total. The first-order valence-electron chi connectivity index (χ1n) is 5.47. The van der Waals surface area contributed by atoms with Crippen LogP contribution in [0.3, 0.4) is 0 Å². The van der Waals surface area contributed by atoms with Crippen LogP contribution in [-0.2, 0) is 19.6 Å². The van der Waals surface area contributed by atoms with Gasteiger partial charge in [0, 0.05) is 6.54 Å². The SMILES string of the molecule is NC(=O)C1COCCN1S(=O)(=O)c1ccccc1. The summed E-state index contributed by atoms with van der Waals surface area (Å²) in [6.07, 6.45) is 0. The Balaban J connectivity index is 2.36. The number of nitrogens with two attached hydrogens (primary N) is 1. The van der Waals surface area contributed by atoms with Crippen LogP contribution in [0, 0.1) is 0 Å². The average molecular weight is 270 g/mol. The van der Waals surface area contributed by atoms with Gasteiger partial charge in [0.25, 0.3) is 0 Å². The predicted octanol–water partition coefficient (Wildman–Crippen LogP) is -0.439. The van der Waals surface area contributed by atoms with E-state index in [9.17, 15) is 13.2 Å². The first kappa shape index (κ1) is 13.0. The van der Waals surface area contributed by atoms with Crippen molar-refractivity contribution < 1.29 is 17.9 Å². The molecule has 1 saturated heterocycles. The molecule has 98 valence electrons. The van der Waals surface area contributed by atoms with Crippen molar-refractivity contribution in [3.05, 3.63) is 30.3 Å². The van der Waals surface area contributed by atoms with Crippen LogP contribution in [0.2, 0.25) is 0 Å². The third-order valence-corrected chi connectivity index (χ3v) is 4.68. The molecule has 18 heavy (non-hydrogen) atoms. The van der Waals surface area contributed by atoms with Crippen LogP contribution in [0.1, 0.15) is 0 Å². The van der Waals surface area contributed by atoms with E-state index in [-0.39, 0.29) is 24.7 Å². The molecule has 2 N–H and O–H groups in total. The van der Waals surface area contributed by atoms with Gasteiger partial charge in [-0.1, -0.05) is 18.2 Å². The molecule has 0 aromatic heterocycles. The topological polar surface area (TPSA) is 89.7 Å². The molecule has 1 amide bonds. The van der Waals surface area contributed by atoms with Crippen LogP contribution in [0.15, 0.2) is 35.2 Å². The van der Waals surface area contributed by atoms with Crippen molar-refractivity contribution in [3.63, 3.8) is 0 Å². The van der Waals surface area contributed by atoms with E-state index in [4.69, 9.17) is 10.5 Å². The summed E-state index contributed by atoms with van der Waals surface area (Å²) in [5, 5.41) is 0. The van der Waals surface area contributed by atoms with E-state index >= 15 is 0 Å². The van der Waals surface area contributed by atoms with Crippen molar-refractivity contribution in [2.45, 2.75) is 10.9 Å². The highest BCUT2D eigenvalue weighted by Gasteiger charge is 2.37. The maximum absolute atomic E-state index is 12.4. The van der Waals surface area contributed by atoms with Crippen molar-refractivity contribution in [1.29, 1.82) is 0 Å². The number of rotatable bonds is 3. The van der Waals surface area contributed by atoms with Crippen LogP contribution in [0.5, 0.6) is 0 Å². The number of carbonyl (C=O) groups is 1. The first-order chi connectivity index (χ1) is 8.53. The molecule has 1 fully saturated rings. The van der Waals surface area contributed by atoms with Crippen LogP contribution in [0.4, 0.5) is 0 Å². The summed E-state index contributed by atoms with van der Waals surface area (Å²) in [5.74, 6) is -0.700. The highest BCUT2D eigenvalue weighted by Crippen LogP contribution is 2.20. The molecule has 0 spiro atoms. The molecule has 0 aliphatic carbocycles. The highest BCUT2D eigenvalue weighted by molar-refractivity contribution is 7.89. The summed E-state index contributed by atoms with van der Waals surface area (Å²) < 4.78 is 30.9. The second kappa shape index (κ2) is 5.05. The summed E-state index contributed by atoms with van der Waals surface area (Å²) in [7, 11) is -3.70. The summed E-state index contributed by atoms with van der Waals surface area (Å²) in [6.45, 7) is 0.391. The molecular weight excluding hydrogens is 256 g/mol. The Bertz CT molecular complexity index is 529. The molecule has 0 radical (unpaired) electrons. The smallest absolute Gasteiger partial charge is 0.243 e. The van der Waals surface area contributed by atoms with Gasteiger partial charge in [-0.15, -0.1) is 0 Å². The van der Waals surface area contributed by atoms with Gasteiger partial charge in [0.2, 0.25) is 15.9 Å². The maximum Gasteiger partial charge on any atom is 0.243 e. The minimum absolute atomic E-state index is 0.00139. The van der Waals surface area contributed by atoms with Crippen LogP contribution in [0.25, 0.3) is 0 Å². The zero-order valence-electron chi connectivity index (χ0n) is 9.65. The fraction of sp³-hybridized carbons (Fsp3) is 0.364. The van der Waals surface area contributed by atoms with Crippen molar-refractivity contribution >= 4 is 15.9 Å². The lowest BCUT2D eigenvalue weighted by atomic mass is 10.3. The van der Waals surface area contributed by atoms with Gasteiger partial charge < -0.3 is 10.5 Å². The molecule has 1 aromatic rings. The second-order valence-corrected chi connectivity index (χ2v) is 5.81. The van der Waals surface area contributed by atoms with Gasteiger partial charge in [-0.3, -0.25) is 4.79 Å². The molecule has 0 saturated carbocycles. The number of nitrogens with zero attached hydrogens (tertiary/aromatic N) is 1. The van der Waals surface area contributed by atoms with Crippen molar-refractivity contribution in [1.82, 2.24) is 4.31 Å². The molecule has 1 aliphatic rings. The summed E-state index contributed by atoms with van der Waals surface area (Å²) in [6, 6.07) is 7.03. The van der Waals surface area contributed by atoms with E-state index in [0.29, 0.717) is 0 Å². The van der Waals surface area contributed by atoms with E-state index in [2.05, 4.69) is 0 Å². The Morgan fingerprint density at radius 1 is 1.33 bits per heavy atom. The Labute approximate surface area is 105 Å². The largest absolute Gasteiger partial charge is 0.378 e. The Hall–Kier alpha value is -1.44. The monoisotopic (exact) mass is 270 g/mol. The minimum atomic E-state index is -3.70. The van der Waals surface area contributed by atoms with E-state index in [1.165, 1.54) is 12.1 Å². The highest BCUT2D eigenvalue weighted by atomic mass is 32.2. The molecule has 1 atom stereocenters. The molecule has 7 heteroatoms. The Morgan fingerprint density at radius 2 is 2.00 bits per heavy atom. The Morgan fingerprint density at radius 3 is 2.61 bits per heavy atom. The molecule has 0 bridgehead atoms. The van der Waals surface area contributed by atoms with Gasteiger partial charge in [-0.2, -0.15) is 4.31 Å². The van der Waals surface area contributed by atoms with Crippen LogP contribution >= 0.6 is 0 Å². The number of ether oxygens (including phenoxy) is 1. The first-order valence-corrected chi connectivity index (χ1v) is 6.91. The lowest BCUT2D eigenvalue weighted by Gasteiger charge is -2.32. The third kappa shape index (κ3) is 2.38.